The van der Waals surface area contributed by atoms with Crippen LogP contribution in [0.5, 0.6) is 11.5 Å². The molecule has 9 heteroatoms. The fourth-order valence-corrected chi connectivity index (χ4v) is 5.03. The monoisotopic (exact) mass is 516 g/mol. The molecule has 0 bridgehead atoms. The number of benzene rings is 1. The normalized spacial score (nSPS) is 10.7. The molecule has 2 amide bonds. The van der Waals surface area contributed by atoms with Gasteiger partial charge >= 0.3 is 0 Å². The van der Waals surface area contributed by atoms with Crippen LogP contribution in [-0.4, -0.2) is 69.2 Å². The first-order valence-corrected chi connectivity index (χ1v) is 13.1. The van der Waals surface area contributed by atoms with Gasteiger partial charge in [-0.15, -0.1) is 22.7 Å². The molecule has 0 aliphatic heterocycles. The lowest BCUT2D eigenvalue weighted by atomic mass is 10.1. The number of nitrogens with zero attached hydrogens (tertiary/aromatic N) is 2. The molecule has 0 spiro atoms. The molecule has 0 N–H and O–H groups in total. The van der Waals surface area contributed by atoms with Gasteiger partial charge in [0.15, 0.2) is 11.5 Å². The second-order valence-corrected chi connectivity index (χ2v) is 9.96. The summed E-state index contributed by atoms with van der Waals surface area (Å²) >= 11 is 3.15. The van der Waals surface area contributed by atoms with Crippen molar-refractivity contribution in [3.8, 4) is 11.5 Å². The second-order valence-electron chi connectivity index (χ2n) is 7.90. The maximum Gasteiger partial charge on any atom is 0.242 e. The van der Waals surface area contributed by atoms with Crippen molar-refractivity contribution in [2.45, 2.75) is 19.4 Å². The summed E-state index contributed by atoms with van der Waals surface area (Å²) in [7, 11) is 4.81. The molecule has 0 unspecified atom stereocenters. The summed E-state index contributed by atoms with van der Waals surface area (Å²) < 4.78 is 15.9. The number of hydrogen-bond acceptors (Lipinski definition) is 7. The largest absolute Gasteiger partial charge is 0.493 e. The molecular formula is C26H32N2O5S2. The zero-order valence-corrected chi connectivity index (χ0v) is 22.0. The predicted molar refractivity (Wildman–Crippen MR) is 139 cm³/mol. The third kappa shape index (κ3) is 8.09. The minimum absolute atomic E-state index is 0.0187. The topological polar surface area (TPSA) is 68.3 Å². The summed E-state index contributed by atoms with van der Waals surface area (Å²) in [6.45, 7) is 1.78. The Morgan fingerprint density at radius 2 is 1.54 bits per heavy atom. The van der Waals surface area contributed by atoms with E-state index < -0.39 is 0 Å². The molecule has 1 aromatic carbocycles. The molecule has 7 nitrogen and oxygen atoms in total. The van der Waals surface area contributed by atoms with Crippen LogP contribution in [0.2, 0.25) is 0 Å². The Bertz CT molecular complexity index is 1050. The minimum atomic E-state index is -0.0884. The van der Waals surface area contributed by atoms with Crippen LogP contribution in [0.4, 0.5) is 0 Å². The number of carbonyl (C=O) groups excluding carboxylic acids is 2. The summed E-state index contributed by atoms with van der Waals surface area (Å²) in [4.78, 5) is 31.9. The first-order chi connectivity index (χ1) is 17.0. The Kier molecular flexibility index (Phi) is 10.6. The van der Waals surface area contributed by atoms with Crippen molar-refractivity contribution in [2.24, 2.45) is 0 Å². The van der Waals surface area contributed by atoms with Crippen molar-refractivity contribution in [2.75, 3.05) is 47.6 Å². The van der Waals surface area contributed by atoms with Crippen molar-refractivity contribution in [1.29, 1.82) is 0 Å². The molecule has 2 heterocycles. The van der Waals surface area contributed by atoms with Gasteiger partial charge in [0.25, 0.3) is 0 Å². The molecule has 0 aliphatic carbocycles. The van der Waals surface area contributed by atoms with Crippen LogP contribution in [0.15, 0.2) is 53.2 Å². The smallest absolute Gasteiger partial charge is 0.242 e. The third-order valence-corrected chi connectivity index (χ3v) is 7.29. The van der Waals surface area contributed by atoms with E-state index in [1.165, 1.54) is 11.3 Å². The van der Waals surface area contributed by atoms with Crippen LogP contribution < -0.4 is 9.47 Å². The van der Waals surface area contributed by atoms with E-state index in [0.717, 1.165) is 15.3 Å². The lowest BCUT2D eigenvalue weighted by Gasteiger charge is -2.27. The minimum Gasteiger partial charge on any atom is -0.493 e. The molecule has 2 aromatic heterocycles. The van der Waals surface area contributed by atoms with Crippen molar-refractivity contribution in [3.05, 3.63) is 68.5 Å². The van der Waals surface area contributed by atoms with E-state index in [4.69, 9.17) is 14.2 Å². The number of amides is 2. The van der Waals surface area contributed by atoms with Crippen LogP contribution >= 0.6 is 22.7 Å². The van der Waals surface area contributed by atoms with Gasteiger partial charge in [0.05, 0.1) is 40.3 Å². The van der Waals surface area contributed by atoms with Crippen molar-refractivity contribution < 1.29 is 23.8 Å². The molecular weight excluding hydrogens is 484 g/mol. The van der Waals surface area contributed by atoms with E-state index in [1.807, 2.05) is 58.1 Å². The zero-order chi connectivity index (χ0) is 25.0. The molecule has 0 saturated carbocycles. The zero-order valence-electron chi connectivity index (χ0n) is 20.4. The molecule has 3 rings (SSSR count). The first-order valence-electron chi connectivity index (χ1n) is 11.3. The molecule has 0 aliphatic rings. The summed E-state index contributed by atoms with van der Waals surface area (Å²) in [5, 5.41) is 3.95. The molecule has 0 saturated heterocycles. The highest BCUT2D eigenvalue weighted by Gasteiger charge is 2.22. The number of rotatable bonds is 14. The van der Waals surface area contributed by atoms with Crippen LogP contribution in [0.25, 0.3) is 0 Å². The van der Waals surface area contributed by atoms with Crippen LogP contribution in [0.1, 0.15) is 15.3 Å². The Hall–Kier alpha value is -2.88. The van der Waals surface area contributed by atoms with Gasteiger partial charge in [-0.25, -0.2) is 0 Å². The third-order valence-electron chi connectivity index (χ3n) is 5.55. The number of methoxy groups -OCH3 is 3. The van der Waals surface area contributed by atoms with Crippen LogP contribution in [0.3, 0.4) is 0 Å². The van der Waals surface area contributed by atoms with Crippen LogP contribution in [-0.2, 0) is 33.7 Å². The number of ether oxygens (including phenoxy) is 3. The SMILES string of the molecule is COCCN(CC(=O)N(CCc1ccc(OC)c(OC)c1)Cc1cccs1)C(=O)Cc1cccs1. The fourth-order valence-electron chi connectivity index (χ4n) is 3.61. The van der Waals surface area contributed by atoms with E-state index in [9.17, 15) is 9.59 Å². The Morgan fingerprint density at radius 1 is 0.829 bits per heavy atom. The summed E-state index contributed by atoms with van der Waals surface area (Å²) in [5.74, 6) is 1.16. The van der Waals surface area contributed by atoms with Crippen molar-refractivity contribution in [1.82, 2.24) is 9.80 Å². The first kappa shape index (κ1) is 26.7. The maximum absolute atomic E-state index is 13.4. The van der Waals surface area contributed by atoms with Gasteiger partial charge in [-0.3, -0.25) is 9.59 Å². The average molecular weight is 517 g/mol. The van der Waals surface area contributed by atoms with E-state index >= 15 is 0 Å². The van der Waals surface area contributed by atoms with Gasteiger partial charge in [0, 0.05) is 30.0 Å². The molecule has 0 radical (unpaired) electrons. The standard InChI is InChI=1S/C26H32N2O5S2/c1-31-13-12-28(25(29)17-21-6-4-14-34-21)19-26(30)27(18-22-7-5-15-35-22)11-10-20-8-9-23(32-2)24(16-20)33-3/h4-9,14-16H,10-13,17-19H2,1-3H3. The van der Waals surface area contributed by atoms with Crippen LogP contribution in [0, 0.1) is 0 Å². The van der Waals surface area contributed by atoms with E-state index in [-0.39, 0.29) is 24.8 Å². The van der Waals surface area contributed by atoms with E-state index in [1.54, 1.807) is 37.6 Å². The molecule has 35 heavy (non-hydrogen) atoms. The quantitative estimate of drug-likeness (QED) is 0.323. The maximum atomic E-state index is 13.4. The fraction of sp³-hybridized carbons (Fsp3) is 0.385. The number of carbonyl (C=O) groups is 2. The van der Waals surface area contributed by atoms with Gasteiger partial charge in [-0.05, 0) is 47.0 Å². The summed E-state index contributed by atoms with van der Waals surface area (Å²) in [5.41, 5.74) is 1.04. The van der Waals surface area contributed by atoms with E-state index in [0.29, 0.717) is 44.2 Å². The second kappa shape index (κ2) is 13.9. The van der Waals surface area contributed by atoms with Gasteiger partial charge in [0.1, 0.15) is 0 Å². The highest BCUT2D eigenvalue weighted by atomic mass is 32.1. The van der Waals surface area contributed by atoms with Crippen molar-refractivity contribution in [3.63, 3.8) is 0 Å². The Labute approximate surface area is 214 Å². The van der Waals surface area contributed by atoms with Crippen molar-refractivity contribution >= 4 is 34.5 Å². The molecule has 0 fully saturated rings. The highest BCUT2D eigenvalue weighted by Crippen LogP contribution is 2.28. The summed E-state index contributed by atoms with van der Waals surface area (Å²) in [6.07, 6.45) is 0.934. The average Bonchev–Trinajstić information content (AvgIpc) is 3.58. The van der Waals surface area contributed by atoms with Gasteiger partial charge < -0.3 is 24.0 Å². The molecule has 3 aromatic rings. The predicted octanol–water partition coefficient (Wildman–Crippen LogP) is 4.12. The number of thiophene rings is 2. The van der Waals surface area contributed by atoms with Gasteiger partial charge in [0.2, 0.25) is 11.8 Å². The Balaban J connectivity index is 1.71. The summed E-state index contributed by atoms with van der Waals surface area (Å²) in [6, 6.07) is 13.6. The molecule has 188 valence electrons. The highest BCUT2D eigenvalue weighted by molar-refractivity contribution is 7.10. The number of hydrogen-bond donors (Lipinski definition) is 0. The van der Waals surface area contributed by atoms with Gasteiger partial charge in [-0.1, -0.05) is 18.2 Å². The lowest BCUT2D eigenvalue weighted by Crippen LogP contribution is -2.44. The molecule has 0 atom stereocenters. The lowest BCUT2D eigenvalue weighted by molar-refractivity contribution is -0.141. The van der Waals surface area contributed by atoms with E-state index in [2.05, 4.69) is 0 Å². The van der Waals surface area contributed by atoms with Gasteiger partial charge in [-0.2, -0.15) is 0 Å². The Morgan fingerprint density at radius 3 is 2.17 bits per heavy atom.